The third-order valence-electron chi connectivity index (χ3n) is 6.82. The summed E-state index contributed by atoms with van der Waals surface area (Å²) in [5.41, 5.74) is 5.83. The Labute approximate surface area is 200 Å². The van der Waals surface area contributed by atoms with Crippen LogP contribution in [0.3, 0.4) is 0 Å². The number of para-hydroxylation sites is 2. The second kappa shape index (κ2) is 7.56. The molecule has 3 heterocycles. The minimum atomic E-state index is -0.413. The lowest BCUT2D eigenvalue weighted by molar-refractivity contribution is 0.626. The van der Waals surface area contributed by atoms with Gasteiger partial charge in [0, 0.05) is 14.1 Å². The molecule has 35 heavy (non-hydrogen) atoms. The molecule has 5 aromatic rings. The highest BCUT2D eigenvalue weighted by molar-refractivity contribution is 5.99. The molecule has 0 saturated heterocycles. The number of anilines is 1. The smallest absolute Gasteiger partial charge is 0.331 e. The molecular weight excluding hydrogens is 443 g/mol. The van der Waals surface area contributed by atoms with Gasteiger partial charge in [0.25, 0.3) is 5.56 Å². The van der Waals surface area contributed by atoms with Crippen LogP contribution in [0.4, 0.5) is 10.1 Å². The second-order valence-corrected chi connectivity index (χ2v) is 9.01. The van der Waals surface area contributed by atoms with E-state index in [1.165, 1.54) is 23.7 Å². The van der Waals surface area contributed by atoms with Crippen molar-refractivity contribution in [2.24, 2.45) is 14.1 Å². The number of fused-ring (bicyclic) bond motifs is 5. The van der Waals surface area contributed by atoms with Gasteiger partial charge in [-0.3, -0.25) is 13.9 Å². The van der Waals surface area contributed by atoms with Crippen molar-refractivity contribution < 1.29 is 4.39 Å². The lowest BCUT2D eigenvalue weighted by atomic mass is 9.99. The Bertz CT molecular complexity index is 1760. The highest BCUT2D eigenvalue weighted by atomic mass is 19.1. The van der Waals surface area contributed by atoms with Crippen LogP contribution in [-0.2, 0) is 14.1 Å². The van der Waals surface area contributed by atoms with Crippen LogP contribution in [0.2, 0.25) is 0 Å². The normalized spacial score (nSPS) is 14.5. The van der Waals surface area contributed by atoms with Crippen molar-refractivity contribution in [1.29, 1.82) is 0 Å². The van der Waals surface area contributed by atoms with Crippen molar-refractivity contribution in [2.75, 3.05) is 5.32 Å². The van der Waals surface area contributed by atoms with Crippen LogP contribution in [0.25, 0.3) is 27.8 Å². The van der Waals surface area contributed by atoms with Gasteiger partial charge < -0.3 is 9.88 Å². The maximum Gasteiger partial charge on any atom is 0.331 e. The van der Waals surface area contributed by atoms with Crippen LogP contribution in [0.5, 0.6) is 0 Å². The van der Waals surface area contributed by atoms with E-state index in [1.54, 1.807) is 19.2 Å². The zero-order valence-electron chi connectivity index (χ0n) is 19.5. The number of hydrogen-bond donors (Lipinski definition) is 1. The quantitative estimate of drug-likeness (QED) is 0.412. The second-order valence-electron chi connectivity index (χ2n) is 9.01. The summed E-state index contributed by atoms with van der Waals surface area (Å²) in [6.45, 7) is 2.01. The number of hydrogen-bond acceptors (Lipinski definition) is 3. The van der Waals surface area contributed by atoms with Crippen molar-refractivity contribution in [3.8, 4) is 16.9 Å². The average molecular weight is 467 g/mol. The molecule has 0 aliphatic carbocycles. The van der Waals surface area contributed by atoms with Gasteiger partial charge in [-0.1, -0.05) is 48.0 Å². The van der Waals surface area contributed by atoms with E-state index in [0.717, 1.165) is 44.0 Å². The van der Waals surface area contributed by atoms with E-state index in [1.807, 2.05) is 55.5 Å². The summed E-state index contributed by atoms with van der Waals surface area (Å²) < 4.78 is 18.6. The third kappa shape index (κ3) is 3.01. The predicted octanol–water partition coefficient (Wildman–Crippen LogP) is 4.66. The van der Waals surface area contributed by atoms with Crippen molar-refractivity contribution in [1.82, 2.24) is 13.7 Å². The van der Waals surface area contributed by atoms with Crippen molar-refractivity contribution in [2.45, 2.75) is 13.0 Å². The summed E-state index contributed by atoms with van der Waals surface area (Å²) in [5, 5.41) is 4.04. The maximum atomic E-state index is 13.8. The zero-order chi connectivity index (χ0) is 24.4. The Hall–Kier alpha value is -4.39. The molecule has 6 rings (SSSR count). The summed E-state index contributed by atoms with van der Waals surface area (Å²) in [4.78, 5) is 26.7. The molecule has 7 heteroatoms. The van der Waals surface area contributed by atoms with Gasteiger partial charge >= 0.3 is 5.69 Å². The largest absolute Gasteiger partial charge is 0.371 e. The lowest BCUT2D eigenvalue weighted by Crippen LogP contribution is -2.37. The van der Waals surface area contributed by atoms with Gasteiger partial charge in [-0.05, 0) is 48.4 Å². The Morgan fingerprint density at radius 1 is 0.886 bits per heavy atom. The first-order valence-electron chi connectivity index (χ1n) is 11.4. The minimum absolute atomic E-state index is 0.327. The highest BCUT2D eigenvalue weighted by Crippen LogP contribution is 2.45. The summed E-state index contributed by atoms with van der Waals surface area (Å²) in [7, 11) is 3.19. The van der Waals surface area contributed by atoms with E-state index in [-0.39, 0.29) is 11.4 Å². The Kier molecular flexibility index (Phi) is 4.57. The van der Waals surface area contributed by atoms with Crippen molar-refractivity contribution >= 4 is 16.6 Å². The van der Waals surface area contributed by atoms with Crippen LogP contribution in [-0.4, -0.2) is 13.7 Å². The van der Waals surface area contributed by atoms with Crippen molar-refractivity contribution in [3.63, 3.8) is 0 Å². The molecule has 0 fully saturated rings. The first-order chi connectivity index (χ1) is 16.9. The van der Waals surface area contributed by atoms with Crippen molar-refractivity contribution in [3.05, 3.63) is 116 Å². The van der Waals surface area contributed by atoms with Crippen LogP contribution in [0.15, 0.2) is 82.4 Å². The molecule has 174 valence electrons. The molecule has 6 nitrogen and oxygen atoms in total. The Morgan fingerprint density at radius 2 is 1.63 bits per heavy atom. The van der Waals surface area contributed by atoms with Gasteiger partial charge in [-0.25, -0.2) is 9.18 Å². The molecule has 1 aliphatic rings. The minimum Gasteiger partial charge on any atom is -0.371 e. The van der Waals surface area contributed by atoms with Gasteiger partial charge in [0.05, 0.1) is 39.7 Å². The number of nitrogens with one attached hydrogen (secondary N) is 1. The summed E-state index contributed by atoms with van der Waals surface area (Å²) >= 11 is 0. The third-order valence-corrected chi connectivity index (χ3v) is 6.82. The van der Waals surface area contributed by atoms with E-state index in [0.29, 0.717) is 10.9 Å². The molecule has 2 aromatic heterocycles. The lowest BCUT2D eigenvalue weighted by Gasteiger charge is -2.31. The van der Waals surface area contributed by atoms with Gasteiger partial charge in [-0.15, -0.1) is 0 Å². The highest BCUT2D eigenvalue weighted by Gasteiger charge is 2.34. The summed E-state index contributed by atoms with van der Waals surface area (Å²) in [5.74, 6) is -0.327. The van der Waals surface area contributed by atoms with E-state index < -0.39 is 11.7 Å². The standard InChI is InChI=1S/C28H23FN4O2/c1-16-7-6-8-18(15-16)24-22-25(31(2)28(35)32(3)27(22)34)26-23(17-11-13-19(29)14-12-17)30-20-9-4-5-10-21(20)33(24)26/h4-15,23,30H,1-3H3/t23-/m0/s1. The fraction of sp³-hybridized carbons (Fsp3) is 0.143. The topological polar surface area (TPSA) is 61.0 Å². The van der Waals surface area contributed by atoms with Gasteiger partial charge in [-0.2, -0.15) is 0 Å². The fourth-order valence-electron chi connectivity index (χ4n) is 5.19. The SMILES string of the molecule is Cc1cccc(-c2c3c(=O)n(C)c(=O)n(C)c3c3n2-c2ccccc2N[C@H]3c2ccc(F)cc2)c1. The van der Waals surface area contributed by atoms with Crippen LogP contribution < -0.4 is 16.6 Å². The number of aryl methyl sites for hydroxylation is 2. The Balaban J connectivity index is 1.86. The molecule has 3 aromatic carbocycles. The predicted molar refractivity (Wildman–Crippen MR) is 136 cm³/mol. The molecular formula is C28H23FN4O2. The van der Waals surface area contributed by atoms with E-state index in [2.05, 4.69) is 9.88 Å². The zero-order valence-corrected chi connectivity index (χ0v) is 19.5. The summed E-state index contributed by atoms with van der Waals surface area (Å²) in [6.07, 6.45) is 0. The van der Waals surface area contributed by atoms with E-state index >= 15 is 0 Å². The van der Waals surface area contributed by atoms with Crippen LogP contribution in [0.1, 0.15) is 22.9 Å². The molecule has 0 amide bonds. The molecule has 0 spiro atoms. The van der Waals surface area contributed by atoms with Gasteiger partial charge in [0.15, 0.2) is 0 Å². The average Bonchev–Trinajstić information content (AvgIpc) is 3.23. The monoisotopic (exact) mass is 466 g/mol. The molecule has 0 radical (unpaired) electrons. The van der Waals surface area contributed by atoms with Gasteiger partial charge in [0.1, 0.15) is 5.82 Å². The van der Waals surface area contributed by atoms with Crippen LogP contribution in [0, 0.1) is 12.7 Å². The summed E-state index contributed by atoms with van der Waals surface area (Å²) in [6, 6.07) is 21.8. The molecule has 0 unspecified atom stereocenters. The molecule has 1 atom stereocenters. The first-order valence-corrected chi connectivity index (χ1v) is 11.4. The number of benzene rings is 3. The molecule has 0 saturated carbocycles. The molecule has 1 aliphatic heterocycles. The molecule has 0 bridgehead atoms. The van der Waals surface area contributed by atoms with E-state index in [9.17, 15) is 14.0 Å². The molecule has 1 N–H and O–H groups in total. The number of nitrogens with zero attached hydrogens (tertiary/aromatic N) is 3. The first kappa shape index (κ1) is 21.2. The fourth-order valence-corrected chi connectivity index (χ4v) is 5.19. The van der Waals surface area contributed by atoms with Crippen LogP contribution >= 0.6 is 0 Å². The number of aromatic nitrogens is 3. The number of halogens is 1. The maximum absolute atomic E-state index is 13.8. The number of rotatable bonds is 2. The Morgan fingerprint density at radius 3 is 2.37 bits per heavy atom. The van der Waals surface area contributed by atoms with Gasteiger partial charge in [0.2, 0.25) is 0 Å². The van der Waals surface area contributed by atoms with E-state index in [4.69, 9.17) is 0 Å².